The summed E-state index contributed by atoms with van der Waals surface area (Å²) in [6.07, 6.45) is 1.46. The lowest BCUT2D eigenvalue weighted by atomic mass is 9.75. The molecule has 0 unspecified atom stereocenters. The number of amides is 2. The van der Waals surface area contributed by atoms with Gasteiger partial charge in [0.2, 0.25) is 11.8 Å². The Morgan fingerprint density at radius 1 is 0.886 bits per heavy atom. The molecule has 6 heteroatoms. The van der Waals surface area contributed by atoms with Crippen molar-refractivity contribution in [3.8, 4) is 0 Å². The summed E-state index contributed by atoms with van der Waals surface area (Å²) in [5.41, 5.74) is 2.54. The van der Waals surface area contributed by atoms with Crippen molar-refractivity contribution in [2.75, 3.05) is 36.4 Å². The third-order valence-corrected chi connectivity index (χ3v) is 7.10. The second-order valence-electron chi connectivity index (χ2n) is 9.10. The maximum atomic E-state index is 13.7. The minimum atomic E-state index is -0.866. The van der Waals surface area contributed by atoms with Crippen molar-refractivity contribution in [2.24, 2.45) is 0 Å². The van der Waals surface area contributed by atoms with Crippen LogP contribution >= 0.6 is 11.6 Å². The zero-order valence-corrected chi connectivity index (χ0v) is 21.1. The number of carbonyl (C=O) groups is 2. The Hall–Kier alpha value is -3.31. The van der Waals surface area contributed by atoms with E-state index < -0.39 is 5.41 Å². The van der Waals surface area contributed by atoms with Crippen LogP contribution in [0.5, 0.6) is 0 Å². The number of nitrogens with one attached hydrogen (secondary N) is 1. The fourth-order valence-corrected chi connectivity index (χ4v) is 4.94. The van der Waals surface area contributed by atoms with Crippen LogP contribution in [0.3, 0.4) is 0 Å². The van der Waals surface area contributed by atoms with E-state index in [1.165, 1.54) is 0 Å². The van der Waals surface area contributed by atoms with E-state index in [-0.39, 0.29) is 11.8 Å². The first kappa shape index (κ1) is 24.8. The summed E-state index contributed by atoms with van der Waals surface area (Å²) >= 11 is 6.67. The molecule has 0 spiro atoms. The summed E-state index contributed by atoms with van der Waals surface area (Å²) < 4.78 is 0. The summed E-state index contributed by atoms with van der Waals surface area (Å²) in [5, 5.41) is 3.67. The predicted molar refractivity (Wildman–Crippen MR) is 143 cm³/mol. The Labute approximate surface area is 212 Å². The summed E-state index contributed by atoms with van der Waals surface area (Å²) in [7, 11) is 0. The van der Waals surface area contributed by atoms with Gasteiger partial charge in [-0.2, -0.15) is 0 Å². The highest BCUT2D eigenvalue weighted by molar-refractivity contribution is 6.33. The molecule has 1 heterocycles. The lowest BCUT2D eigenvalue weighted by Gasteiger charge is -2.36. The van der Waals surface area contributed by atoms with Crippen LogP contribution < -0.4 is 10.2 Å². The molecule has 4 rings (SSSR count). The van der Waals surface area contributed by atoms with Gasteiger partial charge in [0.15, 0.2) is 0 Å². The van der Waals surface area contributed by atoms with E-state index in [2.05, 4.69) is 10.2 Å². The van der Waals surface area contributed by atoms with Gasteiger partial charge in [-0.15, -0.1) is 0 Å². The highest BCUT2D eigenvalue weighted by Crippen LogP contribution is 2.35. The van der Waals surface area contributed by atoms with Gasteiger partial charge in [-0.25, -0.2) is 0 Å². The average molecular weight is 490 g/mol. The van der Waals surface area contributed by atoms with Crippen LogP contribution in [0.2, 0.25) is 5.02 Å². The highest BCUT2D eigenvalue weighted by Gasteiger charge is 2.37. The van der Waals surface area contributed by atoms with Crippen molar-refractivity contribution in [1.29, 1.82) is 0 Å². The highest BCUT2D eigenvalue weighted by atomic mass is 35.5. The van der Waals surface area contributed by atoms with E-state index in [0.717, 1.165) is 36.3 Å². The Morgan fingerprint density at radius 2 is 1.46 bits per heavy atom. The molecule has 1 saturated heterocycles. The molecular formula is C29H32ClN3O2. The topological polar surface area (TPSA) is 52.7 Å². The van der Waals surface area contributed by atoms with Crippen LogP contribution in [0.1, 0.15) is 37.8 Å². The Balaban J connectivity index is 1.51. The number of rotatable bonds is 7. The van der Waals surface area contributed by atoms with E-state index >= 15 is 0 Å². The molecule has 0 saturated carbocycles. The van der Waals surface area contributed by atoms with Gasteiger partial charge in [0, 0.05) is 38.3 Å². The molecule has 3 aromatic rings. The molecule has 3 aromatic carbocycles. The Kier molecular flexibility index (Phi) is 7.76. The van der Waals surface area contributed by atoms with Gasteiger partial charge in [-0.1, -0.05) is 79.2 Å². The van der Waals surface area contributed by atoms with E-state index in [0.29, 0.717) is 30.2 Å². The smallest absolute Gasteiger partial charge is 0.239 e. The van der Waals surface area contributed by atoms with Crippen molar-refractivity contribution >= 4 is 34.8 Å². The molecule has 0 radical (unpaired) electrons. The molecule has 0 aromatic heterocycles. The molecular weight excluding hydrogens is 458 g/mol. The largest absolute Gasteiger partial charge is 0.367 e. The molecule has 0 aliphatic carbocycles. The summed E-state index contributed by atoms with van der Waals surface area (Å²) in [4.78, 5) is 30.0. The van der Waals surface area contributed by atoms with Crippen LogP contribution in [0.4, 0.5) is 11.4 Å². The maximum absolute atomic E-state index is 13.7. The standard InChI is InChI=1S/C29H32ClN3O2/c1-3-10-27(34)33-19-17-32(18-20-33)26-16-15-24(21-25(26)30)31-28(35)29(2,22-11-6-4-7-12-22)23-13-8-5-9-14-23/h4-9,11-16,21H,3,10,17-20H2,1-2H3,(H,31,35). The third kappa shape index (κ3) is 5.35. The zero-order chi connectivity index (χ0) is 24.8. The number of piperazine rings is 1. The summed E-state index contributed by atoms with van der Waals surface area (Å²) in [6.45, 7) is 6.83. The predicted octanol–water partition coefficient (Wildman–Crippen LogP) is 5.73. The van der Waals surface area contributed by atoms with Crippen molar-refractivity contribution in [1.82, 2.24) is 4.90 Å². The number of halogens is 1. The van der Waals surface area contributed by atoms with Crippen LogP contribution in [0.15, 0.2) is 78.9 Å². The first-order chi connectivity index (χ1) is 16.9. The number of anilines is 2. The monoisotopic (exact) mass is 489 g/mol. The number of carbonyl (C=O) groups excluding carboxylic acids is 2. The second kappa shape index (κ2) is 11.0. The zero-order valence-electron chi connectivity index (χ0n) is 20.3. The number of nitrogens with zero attached hydrogens (tertiary/aromatic N) is 2. The van der Waals surface area contributed by atoms with E-state index in [9.17, 15) is 9.59 Å². The minimum absolute atomic E-state index is 0.123. The van der Waals surface area contributed by atoms with Crippen molar-refractivity contribution in [2.45, 2.75) is 32.1 Å². The molecule has 1 aliphatic heterocycles. The fraction of sp³-hybridized carbons (Fsp3) is 0.310. The lowest BCUT2D eigenvalue weighted by molar-refractivity contribution is -0.131. The number of benzene rings is 3. The lowest BCUT2D eigenvalue weighted by Crippen LogP contribution is -2.48. The average Bonchev–Trinajstić information content (AvgIpc) is 2.89. The fourth-order valence-electron chi connectivity index (χ4n) is 4.64. The molecule has 1 fully saturated rings. The normalized spacial score (nSPS) is 14.0. The molecule has 35 heavy (non-hydrogen) atoms. The van der Waals surface area contributed by atoms with Gasteiger partial charge < -0.3 is 15.1 Å². The number of hydrogen-bond donors (Lipinski definition) is 1. The van der Waals surface area contributed by atoms with Gasteiger partial charge in [0.05, 0.1) is 16.1 Å². The molecule has 182 valence electrons. The minimum Gasteiger partial charge on any atom is -0.367 e. The quantitative estimate of drug-likeness (QED) is 0.461. The Morgan fingerprint density at radius 3 is 1.97 bits per heavy atom. The third-order valence-electron chi connectivity index (χ3n) is 6.80. The summed E-state index contributed by atoms with van der Waals surface area (Å²) in [5.74, 6) is 0.0953. The first-order valence-electron chi connectivity index (χ1n) is 12.2. The molecule has 0 atom stereocenters. The SMILES string of the molecule is CCCC(=O)N1CCN(c2ccc(NC(=O)C(C)(c3ccccc3)c3ccccc3)cc2Cl)CC1. The van der Waals surface area contributed by atoms with Gasteiger partial charge in [0.25, 0.3) is 0 Å². The van der Waals surface area contributed by atoms with Gasteiger partial charge >= 0.3 is 0 Å². The first-order valence-corrected chi connectivity index (χ1v) is 12.6. The van der Waals surface area contributed by atoms with Crippen molar-refractivity contribution in [3.05, 3.63) is 95.0 Å². The van der Waals surface area contributed by atoms with Crippen molar-refractivity contribution < 1.29 is 9.59 Å². The second-order valence-corrected chi connectivity index (χ2v) is 9.50. The van der Waals surface area contributed by atoms with Crippen LogP contribution in [-0.4, -0.2) is 42.9 Å². The molecule has 5 nitrogen and oxygen atoms in total. The summed E-state index contributed by atoms with van der Waals surface area (Å²) in [6, 6.07) is 25.3. The molecule has 0 bridgehead atoms. The van der Waals surface area contributed by atoms with Crippen LogP contribution in [0, 0.1) is 0 Å². The Bertz CT molecular complexity index is 1120. The molecule has 1 aliphatic rings. The van der Waals surface area contributed by atoms with E-state index in [1.54, 1.807) is 6.07 Å². The van der Waals surface area contributed by atoms with Gasteiger partial charge in [0.1, 0.15) is 0 Å². The van der Waals surface area contributed by atoms with Crippen LogP contribution in [0.25, 0.3) is 0 Å². The number of hydrogen-bond acceptors (Lipinski definition) is 3. The van der Waals surface area contributed by atoms with Crippen molar-refractivity contribution in [3.63, 3.8) is 0 Å². The van der Waals surface area contributed by atoms with E-state index in [4.69, 9.17) is 11.6 Å². The molecule has 2 amide bonds. The maximum Gasteiger partial charge on any atom is 0.239 e. The van der Waals surface area contributed by atoms with Crippen LogP contribution in [-0.2, 0) is 15.0 Å². The molecule has 1 N–H and O–H groups in total. The van der Waals surface area contributed by atoms with E-state index in [1.807, 2.05) is 91.5 Å². The van der Waals surface area contributed by atoms with Gasteiger partial charge in [-0.3, -0.25) is 9.59 Å². The van der Waals surface area contributed by atoms with Gasteiger partial charge in [-0.05, 0) is 42.7 Å².